The van der Waals surface area contributed by atoms with Crippen molar-refractivity contribution in [1.29, 1.82) is 0 Å². The van der Waals surface area contributed by atoms with Crippen molar-refractivity contribution in [3.8, 4) is 0 Å². The van der Waals surface area contributed by atoms with E-state index in [0.29, 0.717) is 5.56 Å². The molecule has 0 aliphatic carbocycles. The molecule has 1 heterocycles. The topological polar surface area (TPSA) is 113 Å². The van der Waals surface area contributed by atoms with Crippen LogP contribution < -0.4 is 16.0 Å². The van der Waals surface area contributed by atoms with Crippen LogP contribution in [0.25, 0.3) is 0 Å². The Hall–Kier alpha value is -2.48. The molecule has 1 aliphatic heterocycles. The smallest absolute Gasteiger partial charge is 0.269 e. The second kappa shape index (κ2) is 6.11. The van der Waals surface area contributed by atoms with Gasteiger partial charge < -0.3 is 10.6 Å². The maximum atomic E-state index is 11.8. The van der Waals surface area contributed by atoms with Crippen LogP contribution in [0.3, 0.4) is 0 Å². The molecule has 1 fully saturated rings. The van der Waals surface area contributed by atoms with E-state index < -0.39 is 11.0 Å². The largest absolute Gasteiger partial charge is 0.353 e. The van der Waals surface area contributed by atoms with Gasteiger partial charge in [0.2, 0.25) is 11.8 Å². The Morgan fingerprint density at radius 3 is 2.95 bits per heavy atom. The number of nitrogens with one attached hydrogen (secondary N) is 3. The van der Waals surface area contributed by atoms with Gasteiger partial charge in [0.15, 0.2) is 0 Å². The van der Waals surface area contributed by atoms with E-state index in [-0.39, 0.29) is 37.1 Å². The summed E-state index contributed by atoms with van der Waals surface area (Å²) in [5.74, 6) is -0.399. The number of rotatable bonds is 4. The summed E-state index contributed by atoms with van der Waals surface area (Å²) in [7, 11) is 0. The predicted molar refractivity (Wildman–Crippen MR) is 69.7 cm³/mol. The van der Waals surface area contributed by atoms with Gasteiger partial charge in [0, 0.05) is 25.2 Å². The Bertz CT molecular complexity index is 536. The third kappa shape index (κ3) is 3.51. The molecule has 1 aromatic carbocycles. The van der Waals surface area contributed by atoms with Crippen molar-refractivity contribution in [2.24, 2.45) is 0 Å². The minimum absolute atomic E-state index is 0.0141. The van der Waals surface area contributed by atoms with Crippen molar-refractivity contribution in [2.75, 3.05) is 13.1 Å². The van der Waals surface area contributed by atoms with E-state index in [1.807, 2.05) is 0 Å². The Balaban J connectivity index is 1.88. The summed E-state index contributed by atoms with van der Waals surface area (Å²) >= 11 is 0. The fraction of sp³-hybridized carbons (Fsp3) is 0.333. The van der Waals surface area contributed by atoms with Gasteiger partial charge >= 0.3 is 0 Å². The first-order chi connectivity index (χ1) is 9.56. The van der Waals surface area contributed by atoms with Crippen molar-refractivity contribution in [2.45, 2.75) is 12.6 Å². The molecule has 2 rings (SSSR count). The minimum Gasteiger partial charge on any atom is -0.353 e. The van der Waals surface area contributed by atoms with E-state index in [2.05, 4.69) is 16.0 Å². The average Bonchev–Trinajstić information content (AvgIpc) is 2.46. The second-order valence-electron chi connectivity index (χ2n) is 4.38. The quantitative estimate of drug-likeness (QED) is 0.498. The minimum atomic E-state index is -0.483. The summed E-state index contributed by atoms with van der Waals surface area (Å²) in [5, 5.41) is 18.7. The van der Waals surface area contributed by atoms with Gasteiger partial charge in [0.1, 0.15) is 6.04 Å². The number of piperazine rings is 1. The van der Waals surface area contributed by atoms with Crippen LogP contribution in [0.1, 0.15) is 5.56 Å². The third-order valence-electron chi connectivity index (χ3n) is 2.92. The number of hydrogen-bond acceptors (Lipinski definition) is 5. The lowest BCUT2D eigenvalue weighted by Gasteiger charge is -2.23. The van der Waals surface area contributed by atoms with E-state index in [9.17, 15) is 19.7 Å². The maximum absolute atomic E-state index is 11.8. The predicted octanol–water partition coefficient (Wildman–Crippen LogP) is -0.701. The molecule has 0 radical (unpaired) electrons. The summed E-state index contributed by atoms with van der Waals surface area (Å²) < 4.78 is 0. The highest BCUT2D eigenvalue weighted by Gasteiger charge is 2.23. The van der Waals surface area contributed by atoms with E-state index >= 15 is 0 Å². The molecular weight excluding hydrogens is 264 g/mol. The molecule has 20 heavy (non-hydrogen) atoms. The monoisotopic (exact) mass is 278 g/mol. The first-order valence-corrected chi connectivity index (χ1v) is 6.07. The van der Waals surface area contributed by atoms with Gasteiger partial charge in [-0.15, -0.1) is 0 Å². The van der Waals surface area contributed by atoms with E-state index in [1.54, 1.807) is 12.1 Å². The molecule has 1 aliphatic rings. The highest BCUT2D eigenvalue weighted by atomic mass is 16.6. The number of carbonyl (C=O) groups excluding carboxylic acids is 2. The maximum Gasteiger partial charge on any atom is 0.269 e. The third-order valence-corrected chi connectivity index (χ3v) is 2.92. The lowest BCUT2D eigenvalue weighted by atomic mass is 10.2. The molecule has 2 amide bonds. The first-order valence-electron chi connectivity index (χ1n) is 6.07. The molecule has 0 bridgehead atoms. The first kappa shape index (κ1) is 13.9. The van der Waals surface area contributed by atoms with E-state index in [0.717, 1.165) is 0 Å². The Labute approximate surface area is 114 Å². The van der Waals surface area contributed by atoms with Crippen LogP contribution in [0, 0.1) is 10.1 Å². The molecule has 0 aromatic heterocycles. The molecule has 0 spiro atoms. The van der Waals surface area contributed by atoms with Gasteiger partial charge in [-0.1, -0.05) is 12.1 Å². The Kier molecular flexibility index (Phi) is 4.26. The summed E-state index contributed by atoms with van der Waals surface area (Å²) in [5.41, 5.74) is 0.632. The number of hydrogen-bond donors (Lipinski definition) is 3. The summed E-state index contributed by atoms with van der Waals surface area (Å²) in [6, 6.07) is 5.59. The van der Waals surface area contributed by atoms with Gasteiger partial charge in [-0.05, 0) is 5.56 Å². The normalized spacial score (nSPS) is 18.2. The highest BCUT2D eigenvalue weighted by molar-refractivity contribution is 5.86. The zero-order valence-electron chi connectivity index (χ0n) is 10.6. The second-order valence-corrected chi connectivity index (χ2v) is 4.38. The fourth-order valence-electron chi connectivity index (χ4n) is 1.84. The molecule has 8 heteroatoms. The molecule has 1 saturated heterocycles. The van der Waals surface area contributed by atoms with Crippen LogP contribution in [0.2, 0.25) is 0 Å². The van der Waals surface area contributed by atoms with Crippen molar-refractivity contribution in [3.63, 3.8) is 0 Å². The number of nitro groups is 1. The van der Waals surface area contributed by atoms with Crippen molar-refractivity contribution in [3.05, 3.63) is 39.9 Å². The van der Waals surface area contributed by atoms with Crippen LogP contribution in [0.4, 0.5) is 5.69 Å². The average molecular weight is 278 g/mol. The molecule has 1 unspecified atom stereocenters. The summed E-state index contributed by atoms with van der Waals surface area (Å²) in [4.78, 5) is 32.9. The standard InChI is InChI=1S/C12H14N4O4/c17-11-7-13-10(6-14-11)12(18)15-5-8-2-1-3-9(4-8)16(19)20/h1-4,10,13H,5-7H2,(H,14,17)(H,15,18). The van der Waals surface area contributed by atoms with Gasteiger partial charge in [-0.2, -0.15) is 0 Å². The number of carbonyl (C=O) groups is 2. The SMILES string of the molecule is O=C1CNC(C(=O)NCc2cccc([N+](=O)[O-])c2)CN1. The lowest BCUT2D eigenvalue weighted by molar-refractivity contribution is -0.384. The van der Waals surface area contributed by atoms with Crippen LogP contribution >= 0.6 is 0 Å². The van der Waals surface area contributed by atoms with Crippen molar-refractivity contribution in [1.82, 2.24) is 16.0 Å². The van der Waals surface area contributed by atoms with Crippen LogP contribution in [-0.2, 0) is 16.1 Å². The van der Waals surface area contributed by atoms with Gasteiger partial charge in [-0.3, -0.25) is 25.0 Å². The van der Waals surface area contributed by atoms with Gasteiger partial charge in [0.05, 0.1) is 11.5 Å². The van der Waals surface area contributed by atoms with Gasteiger partial charge in [-0.25, -0.2) is 0 Å². The molecular formula is C12H14N4O4. The number of amides is 2. The number of nitrogens with zero attached hydrogens (tertiary/aromatic N) is 1. The van der Waals surface area contributed by atoms with Crippen molar-refractivity contribution < 1.29 is 14.5 Å². The Morgan fingerprint density at radius 2 is 2.30 bits per heavy atom. The van der Waals surface area contributed by atoms with Crippen LogP contribution in [0.5, 0.6) is 0 Å². The summed E-state index contributed by atoms with van der Waals surface area (Å²) in [6.45, 7) is 0.543. The number of benzene rings is 1. The highest BCUT2D eigenvalue weighted by Crippen LogP contribution is 2.12. The molecule has 8 nitrogen and oxygen atoms in total. The molecule has 1 atom stereocenters. The van der Waals surface area contributed by atoms with Crippen molar-refractivity contribution >= 4 is 17.5 Å². The molecule has 106 valence electrons. The van der Waals surface area contributed by atoms with Crippen LogP contribution in [-0.4, -0.2) is 35.9 Å². The van der Waals surface area contributed by atoms with Crippen LogP contribution in [0.15, 0.2) is 24.3 Å². The van der Waals surface area contributed by atoms with E-state index in [4.69, 9.17) is 0 Å². The van der Waals surface area contributed by atoms with E-state index in [1.165, 1.54) is 12.1 Å². The van der Waals surface area contributed by atoms with Gasteiger partial charge in [0.25, 0.3) is 5.69 Å². The summed E-state index contributed by atoms with van der Waals surface area (Å²) in [6.07, 6.45) is 0. The fourth-order valence-corrected chi connectivity index (χ4v) is 1.84. The zero-order valence-corrected chi connectivity index (χ0v) is 10.6. The number of nitro benzene ring substituents is 1. The molecule has 0 saturated carbocycles. The lowest BCUT2D eigenvalue weighted by Crippen LogP contribution is -2.57. The molecule has 1 aromatic rings. The zero-order chi connectivity index (χ0) is 14.5. The Morgan fingerprint density at radius 1 is 1.50 bits per heavy atom. The number of non-ortho nitro benzene ring substituents is 1. The molecule has 3 N–H and O–H groups in total.